The summed E-state index contributed by atoms with van der Waals surface area (Å²) in [5.41, 5.74) is 0. The van der Waals surface area contributed by atoms with Crippen LogP contribution in [-0.2, 0) is 28.7 Å². The molecule has 0 saturated carbocycles. The highest BCUT2D eigenvalue weighted by Gasteiger charge is 2.18. The molecule has 4 N–H and O–H groups in total. The van der Waals surface area contributed by atoms with E-state index >= 15 is 0 Å². The molecule has 42 heavy (non-hydrogen) atoms. The molecular formula is C28H59N5O9. The molecule has 1 amide bonds. The monoisotopic (exact) mass is 609 g/mol. The lowest BCUT2D eigenvalue weighted by Gasteiger charge is -2.32. The summed E-state index contributed by atoms with van der Waals surface area (Å²) in [6, 6.07) is 0. The number of likely N-dealkylation sites (N-methyl/N-ethyl adjacent to an activating group) is 2. The standard InChI is InChI=1S/C16H32N4O4.C9H19NO3.C2H6.CH2O2/c1-3-17-5-6-18(4-2)8-10-20(14-16(23)24)12-11-19(9-7-17)13-15(21)22;1-2-3-5-12-7-8-13-6-4-10-9-11;1-2;2-1-3/h3-14H2,1-2H3,(H,21,22)(H,23,24);9H,2-8H2,1H3,(H,10,11);1-2H3;1H,(H,2,3). The van der Waals surface area contributed by atoms with Crippen molar-refractivity contribution in [1.29, 1.82) is 0 Å². The number of nitrogens with zero attached hydrogens (tertiary/aromatic N) is 4. The van der Waals surface area contributed by atoms with Crippen molar-refractivity contribution in [3.05, 3.63) is 0 Å². The maximum atomic E-state index is 11.1. The minimum atomic E-state index is -0.841. The van der Waals surface area contributed by atoms with E-state index in [1.54, 1.807) is 0 Å². The Morgan fingerprint density at radius 3 is 1.36 bits per heavy atom. The van der Waals surface area contributed by atoms with Gasteiger partial charge in [-0.15, -0.1) is 0 Å². The second-order valence-electron chi connectivity index (χ2n) is 8.96. The summed E-state index contributed by atoms with van der Waals surface area (Å²) >= 11 is 0. The number of hydrogen-bond donors (Lipinski definition) is 4. The van der Waals surface area contributed by atoms with Crippen LogP contribution in [0.2, 0.25) is 0 Å². The SMILES string of the molecule is CC.CCCCOCCOCCNC=O.CCN1CCN(CC)CCN(CC(=O)O)CCN(CC(=O)O)CC1.O=CO. The predicted molar refractivity (Wildman–Crippen MR) is 163 cm³/mol. The van der Waals surface area contributed by atoms with E-state index in [4.69, 9.17) is 29.6 Å². The molecule has 1 aliphatic heterocycles. The van der Waals surface area contributed by atoms with Gasteiger partial charge in [-0.3, -0.25) is 29.0 Å². The first-order valence-electron chi connectivity index (χ1n) is 15.0. The van der Waals surface area contributed by atoms with Crippen molar-refractivity contribution in [3.8, 4) is 0 Å². The Labute approximate surface area is 252 Å². The number of carbonyl (C=O) groups is 4. The summed E-state index contributed by atoms with van der Waals surface area (Å²) < 4.78 is 10.4. The highest BCUT2D eigenvalue weighted by Crippen LogP contribution is 2.00. The second-order valence-corrected chi connectivity index (χ2v) is 8.96. The number of nitrogens with one attached hydrogen (secondary N) is 1. The molecule has 0 atom stereocenters. The van der Waals surface area contributed by atoms with Crippen LogP contribution in [0.15, 0.2) is 0 Å². The van der Waals surface area contributed by atoms with Crippen LogP contribution in [0, 0.1) is 0 Å². The molecule has 0 radical (unpaired) electrons. The van der Waals surface area contributed by atoms with Crippen LogP contribution in [-0.4, -0.2) is 171 Å². The zero-order chi connectivity index (χ0) is 32.4. The predicted octanol–water partition coefficient (Wildman–Crippen LogP) is 0.710. The molecule has 1 fully saturated rings. The van der Waals surface area contributed by atoms with Gasteiger partial charge in [0.25, 0.3) is 6.47 Å². The van der Waals surface area contributed by atoms with Gasteiger partial charge in [-0.05, 0) is 19.5 Å². The number of amides is 1. The quantitative estimate of drug-likeness (QED) is 0.143. The number of rotatable bonds is 16. The van der Waals surface area contributed by atoms with E-state index in [1.807, 2.05) is 23.6 Å². The molecule has 0 unspecified atom stereocenters. The minimum absolute atomic E-state index is 0.000446. The van der Waals surface area contributed by atoms with Gasteiger partial charge in [-0.1, -0.05) is 41.0 Å². The molecule has 0 aromatic carbocycles. The fraction of sp³-hybridized carbons (Fsp3) is 0.857. The molecule has 1 aliphatic rings. The summed E-state index contributed by atoms with van der Waals surface area (Å²) in [4.78, 5) is 48.8. The molecular weight excluding hydrogens is 550 g/mol. The maximum Gasteiger partial charge on any atom is 0.317 e. The van der Waals surface area contributed by atoms with E-state index in [-0.39, 0.29) is 19.6 Å². The van der Waals surface area contributed by atoms with E-state index in [2.05, 4.69) is 35.9 Å². The summed E-state index contributed by atoms with van der Waals surface area (Å²) in [6.07, 6.45) is 2.93. The number of carboxylic acid groups (broad SMARTS) is 3. The van der Waals surface area contributed by atoms with E-state index < -0.39 is 11.9 Å². The molecule has 0 bridgehead atoms. The highest BCUT2D eigenvalue weighted by molar-refractivity contribution is 5.69. The fourth-order valence-corrected chi connectivity index (χ4v) is 3.67. The van der Waals surface area contributed by atoms with Crippen molar-refractivity contribution in [2.75, 3.05) is 112 Å². The van der Waals surface area contributed by atoms with Crippen molar-refractivity contribution < 1.29 is 44.0 Å². The lowest BCUT2D eigenvalue weighted by molar-refractivity contribution is -0.140. The number of hydrogen-bond acceptors (Lipinski definition) is 10. The van der Waals surface area contributed by atoms with E-state index in [0.29, 0.717) is 59.0 Å². The average Bonchev–Trinajstić information content (AvgIpc) is 2.96. The van der Waals surface area contributed by atoms with Gasteiger partial charge in [0.15, 0.2) is 0 Å². The summed E-state index contributed by atoms with van der Waals surface area (Å²) in [6.45, 7) is 21.3. The molecule has 0 aromatic rings. The van der Waals surface area contributed by atoms with Gasteiger partial charge in [-0.2, -0.15) is 0 Å². The van der Waals surface area contributed by atoms with E-state index in [9.17, 15) is 14.4 Å². The van der Waals surface area contributed by atoms with Gasteiger partial charge in [0, 0.05) is 65.5 Å². The van der Waals surface area contributed by atoms with Crippen LogP contribution in [0.25, 0.3) is 0 Å². The Bertz CT molecular complexity index is 597. The molecule has 1 heterocycles. The van der Waals surface area contributed by atoms with Gasteiger partial charge in [-0.25, -0.2) is 0 Å². The first kappa shape index (κ1) is 44.1. The fourth-order valence-electron chi connectivity index (χ4n) is 3.67. The topological polar surface area (TPSA) is 172 Å². The summed E-state index contributed by atoms with van der Waals surface area (Å²) in [5, 5.41) is 27.6. The van der Waals surface area contributed by atoms with Crippen molar-refractivity contribution in [2.24, 2.45) is 0 Å². The van der Waals surface area contributed by atoms with Crippen molar-refractivity contribution >= 4 is 24.8 Å². The lowest BCUT2D eigenvalue weighted by Crippen LogP contribution is -2.47. The Morgan fingerprint density at radius 1 is 0.690 bits per heavy atom. The molecule has 14 nitrogen and oxygen atoms in total. The van der Waals surface area contributed by atoms with Crippen LogP contribution < -0.4 is 5.32 Å². The Kier molecular flexibility index (Phi) is 36.6. The van der Waals surface area contributed by atoms with Gasteiger partial charge in [0.05, 0.1) is 32.9 Å². The van der Waals surface area contributed by atoms with E-state index in [0.717, 1.165) is 58.7 Å². The summed E-state index contributed by atoms with van der Waals surface area (Å²) in [5.74, 6) is -1.68. The normalized spacial score (nSPS) is 15.5. The molecule has 1 rings (SSSR count). The highest BCUT2D eigenvalue weighted by atomic mass is 16.5. The Hall–Kier alpha value is -2.36. The molecule has 14 heteroatoms. The van der Waals surface area contributed by atoms with Gasteiger partial charge >= 0.3 is 11.9 Å². The summed E-state index contributed by atoms with van der Waals surface area (Å²) in [7, 11) is 0. The lowest BCUT2D eigenvalue weighted by atomic mass is 10.3. The van der Waals surface area contributed by atoms with Crippen LogP contribution in [0.5, 0.6) is 0 Å². The van der Waals surface area contributed by atoms with Crippen LogP contribution in [0.3, 0.4) is 0 Å². The first-order chi connectivity index (χ1) is 20.3. The number of aliphatic carboxylic acids is 2. The third-order valence-electron chi connectivity index (χ3n) is 6.03. The third-order valence-corrected chi connectivity index (χ3v) is 6.03. The van der Waals surface area contributed by atoms with Crippen LogP contribution in [0.4, 0.5) is 0 Å². The van der Waals surface area contributed by atoms with Crippen LogP contribution in [0.1, 0.15) is 47.5 Å². The largest absolute Gasteiger partial charge is 0.483 e. The van der Waals surface area contributed by atoms with Crippen molar-refractivity contribution in [2.45, 2.75) is 47.5 Å². The van der Waals surface area contributed by atoms with Gasteiger partial charge < -0.3 is 39.9 Å². The molecule has 0 aliphatic carbocycles. The molecule has 0 aromatic heterocycles. The van der Waals surface area contributed by atoms with Crippen LogP contribution >= 0.6 is 0 Å². The Morgan fingerprint density at radius 2 is 1.05 bits per heavy atom. The third kappa shape index (κ3) is 32.2. The number of carbonyl (C=O) groups excluding carboxylic acids is 1. The number of carboxylic acids is 2. The van der Waals surface area contributed by atoms with E-state index in [1.165, 1.54) is 0 Å². The minimum Gasteiger partial charge on any atom is -0.483 e. The molecule has 250 valence electrons. The molecule has 0 spiro atoms. The zero-order valence-electron chi connectivity index (χ0n) is 26.7. The van der Waals surface area contributed by atoms with Crippen molar-refractivity contribution in [1.82, 2.24) is 24.9 Å². The Balaban J connectivity index is -0.000000711. The zero-order valence-corrected chi connectivity index (χ0v) is 26.7. The second kappa shape index (κ2) is 34.8. The van der Waals surface area contributed by atoms with Crippen molar-refractivity contribution in [3.63, 3.8) is 0 Å². The molecule has 1 saturated heterocycles. The van der Waals surface area contributed by atoms with Gasteiger partial charge in [0.2, 0.25) is 6.41 Å². The average molecular weight is 610 g/mol. The number of ether oxygens (including phenoxy) is 2. The smallest absolute Gasteiger partial charge is 0.317 e. The van der Waals surface area contributed by atoms with Gasteiger partial charge in [0.1, 0.15) is 0 Å². The first-order valence-corrected chi connectivity index (χ1v) is 15.0. The maximum absolute atomic E-state index is 11.1. The number of unbranched alkanes of at least 4 members (excludes halogenated alkanes) is 1.